The highest BCUT2D eigenvalue weighted by atomic mass is 16.3. The van der Waals surface area contributed by atoms with Gasteiger partial charge in [0.1, 0.15) is 0 Å². The molecular weight excluding hydrogens is 316 g/mol. The third-order valence-electron chi connectivity index (χ3n) is 4.01. The number of nitrogens with one attached hydrogen (secondary N) is 2. The first-order valence-electron chi connectivity index (χ1n) is 8.40. The molecule has 0 spiro atoms. The van der Waals surface area contributed by atoms with E-state index in [1.54, 1.807) is 6.07 Å². The number of aliphatic hydroxyl groups excluding tert-OH is 1. The lowest BCUT2D eigenvalue weighted by molar-refractivity contribution is -0.136. The molecule has 0 aromatic heterocycles. The molecule has 0 saturated carbocycles. The second-order valence-electron chi connectivity index (χ2n) is 6.00. The van der Waals surface area contributed by atoms with Gasteiger partial charge in [-0.25, -0.2) is 0 Å². The van der Waals surface area contributed by atoms with Gasteiger partial charge in [-0.1, -0.05) is 43.3 Å². The zero-order valence-corrected chi connectivity index (χ0v) is 14.6. The molecule has 1 unspecified atom stereocenters. The van der Waals surface area contributed by atoms with Crippen molar-refractivity contribution in [2.24, 2.45) is 0 Å². The highest BCUT2D eigenvalue weighted by molar-refractivity contribution is 6.39. The van der Waals surface area contributed by atoms with Crippen LogP contribution in [0.1, 0.15) is 23.6 Å². The minimum atomic E-state index is -0.759. The van der Waals surface area contributed by atoms with Crippen molar-refractivity contribution in [1.82, 2.24) is 5.32 Å². The van der Waals surface area contributed by atoms with Crippen LogP contribution in [0.25, 0.3) is 0 Å². The fourth-order valence-corrected chi connectivity index (χ4v) is 2.57. The Labute approximate surface area is 148 Å². The summed E-state index contributed by atoms with van der Waals surface area (Å²) in [5, 5.41) is 15.0. The maximum Gasteiger partial charge on any atom is 0.313 e. The summed E-state index contributed by atoms with van der Waals surface area (Å²) in [6.45, 7) is 4.06. The average molecular weight is 340 g/mol. The summed E-state index contributed by atoms with van der Waals surface area (Å²) < 4.78 is 0. The van der Waals surface area contributed by atoms with Crippen LogP contribution in [0, 0.1) is 6.92 Å². The van der Waals surface area contributed by atoms with E-state index in [1.807, 2.05) is 56.3 Å². The number of aryl methyl sites for hydroxylation is 2. The Morgan fingerprint density at radius 1 is 1.08 bits per heavy atom. The molecular formula is C20H24N2O3. The minimum absolute atomic E-state index is 0.0231. The zero-order valence-electron chi connectivity index (χ0n) is 14.6. The monoisotopic (exact) mass is 340 g/mol. The smallest absolute Gasteiger partial charge is 0.313 e. The van der Waals surface area contributed by atoms with Crippen molar-refractivity contribution < 1.29 is 14.7 Å². The average Bonchev–Trinajstić information content (AvgIpc) is 2.62. The van der Waals surface area contributed by atoms with Crippen molar-refractivity contribution in [2.45, 2.75) is 32.8 Å². The second-order valence-corrected chi connectivity index (χ2v) is 6.00. The fourth-order valence-electron chi connectivity index (χ4n) is 2.57. The third kappa shape index (κ3) is 5.72. The third-order valence-corrected chi connectivity index (χ3v) is 4.01. The molecule has 1 atom stereocenters. The molecule has 2 aromatic rings. The number of benzene rings is 2. The van der Waals surface area contributed by atoms with Gasteiger partial charge in [0.25, 0.3) is 0 Å². The SMILES string of the molecule is CCc1cc(NC(=O)C(=O)NCC(O)Cc2ccccc2)ccc1C. The number of anilines is 1. The first-order valence-corrected chi connectivity index (χ1v) is 8.40. The summed E-state index contributed by atoms with van der Waals surface area (Å²) in [4.78, 5) is 23.9. The summed E-state index contributed by atoms with van der Waals surface area (Å²) in [7, 11) is 0. The number of rotatable bonds is 6. The van der Waals surface area contributed by atoms with E-state index in [2.05, 4.69) is 10.6 Å². The predicted molar refractivity (Wildman–Crippen MR) is 98.3 cm³/mol. The van der Waals surface area contributed by atoms with Crippen molar-refractivity contribution in [3.63, 3.8) is 0 Å². The Hall–Kier alpha value is -2.66. The molecule has 0 aliphatic carbocycles. The topological polar surface area (TPSA) is 78.4 Å². The summed E-state index contributed by atoms with van der Waals surface area (Å²) in [6.07, 6.45) is 0.527. The second kappa shape index (κ2) is 8.99. The molecule has 0 heterocycles. The van der Waals surface area contributed by atoms with Crippen molar-refractivity contribution in [3.05, 3.63) is 65.2 Å². The highest BCUT2D eigenvalue weighted by Crippen LogP contribution is 2.15. The molecule has 0 bridgehead atoms. The van der Waals surface area contributed by atoms with Gasteiger partial charge in [0.2, 0.25) is 0 Å². The zero-order chi connectivity index (χ0) is 18.2. The van der Waals surface area contributed by atoms with Crippen LogP contribution in [0.4, 0.5) is 5.69 Å². The van der Waals surface area contributed by atoms with Crippen LogP contribution in [0.5, 0.6) is 0 Å². The lowest BCUT2D eigenvalue weighted by Crippen LogP contribution is -2.40. The van der Waals surface area contributed by atoms with E-state index < -0.39 is 17.9 Å². The Kier molecular flexibility index (Phi) is 6.71. The quantitative estimate of drug-likeness (QED) is 0.706. The van der Waals surface area contributed by atoms with Crippen LogP contribution in [0.2, 0.25) is 0 Å². The van der Waals surface area contributed by atoms with E-state index in [-0.39, 0.29) is 6.54 Å². The number of hydrogen-bond acceptors (Lipinski definition) is 3. The van der Waals surface area contributed by atoms with Gasteiger partial charge in [-0.15, -0.1) is 0 Å². The van der Waals surface area contributed by atoms with Crippen molar-refractivity contribution >= 4 is 17.5 Å². The standard InChI is InChI=1S/C20H24N2O3/c1-3-16-12-17(10-9-14(16)2)22-20(25)19(24)21-13-18(23)11-15-7-5-4-6-8-15/h4-10,12,18,23H,3,11,13H2,1-2H3,(H,21,24)(H,22,25). The molecule has 2 aromatic carbocycles. The summed E-state index contributed by atoms with van der Waals surface area (Å²) in [6, 6.07) is 15.0. The fraction of sp³-hybridized carbons (Fsp3) is 0.300. The molecule has 5 nitrogen and oxygen atoms in total. The molecule has 0 aliphatic rings. The van der Waals surface area contributed by atoms with Crippen molar-refractivity contribution in [2.75, 3.05) is 11.9 Å². The maximum atomic E-state index is 12.0. The van der Waals surface area contributed by atoms with Crippen LogP contribution in [-0.2, 0) is 22.4 Å². The molecule has 2 amide bonds. The van der Waals surface area contributed by atoms with Crippen LogP contribution >= 0.6 is 0 Å². The van der Waals surface area contributed by atoms with E-state index in [0.29, 0.717) is 12.1 Å². The first kappa shape index (κ1) is 18.7. The van der Waals surface area contributed by atoms with Gasteiger partial charge < -0.3 is 15.7 Å². The van der Waals surface area contributed by atoms with E-state index in [4.69, 9.17) is 0 Å². The Bertz CT molecular complexity index is 729. The molecule has 132 valence electrons. The Morgan fingerprint density at radius 3 is 2.48 bits per heavy atom. The van der Waals surface area contributed by atoms with Crippen molar-refractivity contribution in [1.29, 1.82) is 0 Å². The van der Waals surface area contributed by atoms with Crippen LogP contribution < -0.4 is 10.6 Å². The van der Waals surface area contributed by atoms with Gasteiger partial charge in [-0.05, 0) is 42.2 Å². The van der Waals surface area contributed by atoms with E-state index in [1.165, 1.54) is 0 Å². The normalized spacial score (nSPS) is 11.6. The van der Waals surface area contributed by atoms with E-state index in [0.717, 1.165) is 23.1 Å². The molecule has 0 saturated heterocycles. The van der Waals surface area contributed by atoms with Gasteiger partial charge in [-0.2, -0.15) is 0 Å². The molecule has 0 radical (unpaired) electrons. The number of amides is 2. The summed E-state index contributed by atoms with van der Waals surface area (Å²) in [5.74, 6) is -1.50. The molecule has 25 heavy (non-hydrogen) atoms. The lowest BCUT2D eigenvalue weighted by Gasteiger charge is -2.12. The number of hydrogen-bond donors (Lipinski definition) is 3. The van der Waals surface area contributed by atoms with Gasteiger partial charge in [0.15, 0.2) is 0 Å². The highest BCUT2D eigenvalue weighted by Gasteiger charge is 2.15. The van der Waals surface area contributed by atoms with Crippen molar-refractivity contribution in [3.8, 4) is 0 Å². The predicted octanol–water partition coefficient (Wildman–Crippen LogP) is 2.22. The van der Waals surface area contributed by atoms with E-state index >= 15 is 0 Å². The Balaban J connectivity index is 1.83. The summed E-state index contributed by atoms with van der Waals surface area (Å²) >= 11 is 0. The molecule has 5 heteroatoms. The summed E-state index contributed by atoms with van der Waals surface area (Å²) in [5.41, 5.74) is 3.83. The van der Waals surface area contributed by atoms with Gasteiger partial charge >= 0.3 is 11.8 Å². The van der Waals surface area contributed by atoms with Gasteiger partial charge in [0.05, 0.1) is 6.10 Å². The Morgan fingerprint density at radius 2 is 1.80 bits per heavy atom. The molecule has 3 N–H and O–H groups in total. The number of carbonyl (C=O) groups is 2. The van der Waals surface area contributed by atoms with Crippen LogP contribution in [0.3, 0.4) is 0 Å². The lowest BCUT2D eigenvalue weighted by atomic mass is 10.1. The van der Waals surface area contributed by atoms with Crippen LogP contribution in [-0.4, -0.2) is 29.6 Å². The first-order chi connectivity index (χ1) is 12.0. The maximum absolute atomic E-state index is 12.0. The van der Waals surface area contributed by atoms with Crippen LogP contribution in [0.15, 0.2) is 48.5 Å². The molecule has 2 rings (SSSR count). The number of carbonyl (C=O) groups excluding carboxylic acids is 2. The minimum Gasteiger partial charge on any atom is -0.391 e. The van der Waals surface area contributed by atoms with Gasteiger partial charge in [-0.3, -0.25) is 9.59 Å². The number of aliphatic hydroxyl groups is 1. The largest absolute Gasteiger partial charge is 0.391 e. The van der Waals surface area contributed by atoms with E-state index in [9.17, 15) is 14.7 Å². The molecule has 0 aliphatic heterocycles. The molecule has 0 fully saturated rings. The van der Waals surface area contributed by atoms with Gasteiger partial charge in [0, 0.05) is 18.7 Å².